The van der Waals surface area contributed by atoms with Crippen LogP contribution in [-0.2, 0) is 0 Å². The van der Waals surface area contributed by atoms with Gasteiger partial charge < -0.3 is 14.2 Å². The smallest absolute Gasteiger partial charge is 0.203 e. The number of ketones is 1. The number of carbonyl (C=O) groups is 1. The molecule has 4 nitrogen and oxygen atoms in total. The second-order valence-corrected chi connectivity index (χ2v) is 4.88. The number of benzene rings is 2. The van der Waals surface area contributed by atoms with Crippen LogP contribution in [0.4, 0.5) is 0 Å². The number of allylic oxidation sites excluding steroid dienone is 1. The van der Waals surface area contributed by atoms with Crippen molar-refractivity contribution in [2.24, 2.45) is 0 Å². The Morgan fingerprint density at radius 3 is 2.38 bits per heavy atom. The summed E-state index contributed by atoms with van der Waals surface area (Å²) < 4.78 is 16.4. The van der Waals surface area contributed by atoms with E-state index in [4.69, 9.17) is 14.2 Å². The molecule has 0 atom stereocenters. The molecule has 0 fully saturated rings. The summed E-state index contributed by atoms with van der Waals surface area (Å²) in [5, 5.41) is 0. The minimum atomic E-state index is -0.0800. The van der Waals surface area contributed by atoms with Gasteiger partial charge in [0, 0.05) is 11.1 Å². The van der Waals surface area contributed by atoms with E-state index in [1.807, 2.05) is 24.3 Å². The number of ether oxygens (including phenoxy) is 3. The van der Waals surface area contributed by atoms with Crippen molar-refractivity contribution in [3.05, 3.63) is 72.3 Å². The molecule has 2 aromatic carbocycles. The van der Waals surface area contributed by atoms with Gasteiger partial charge in [0.2, 0.25) is 5.75 Å². The Morgan fingerprint density at radius 2 is 1.75 bits per heavy atom. The van der Waals surface area contributed by atoms with Gasteiger partial charge in [0.05, 0.1) is 14.2 Å². The molecule has 4 heteroatoms. The molecule has 0 saturated heterocycles. The molecule has 0 aliphatic rings. The summed E-state index contributed by atoms with van der Waals surface area (Å²) in [6.07, 6.45) is 4.86. The molecule has 2 rings (SSSR count). The Balaban J connectivity index is 2.31. The number of hydrogen-bond acceptors (Lipinski definition) is 4. The molecule has 0 spiro atoms. The summed E-state index contributed by atoms with van der Waals surface area (Å²) in [6.45, 7) is 3.99. The average molecular weight is 324 g/mol. The van der Waals surface area contributed by atoms with Crippen LogP contribution in [0.1, 0.15) is 15.9 Å². The van der Waals surface area contributed by atoms with Gasteiger partial charge in [0.25, 0.3) is 0 Å². The van der Waals surface area contributed by atoms with E-state index in [1.54, 1.807) is 44.6 Å². The fraction of sp³-hybridized carbons (Fsp3) is 0.150. The highest BCUT2D eigenvalue weighted by Crippen LogP contribution is 2.40. The van der Waals surface area contributed by atoms with E-state index in [9.17, 15) is 4.79 Å². The summed E-state index contributed by atoms with van der Waals surface area (Å²) in [5.74, 6) is 1.47. The molecule has 0 amide bonds. The highest BCUT2D eigenvalue weighted by molar-refractivity contribution is 6.07. The fourth-order valence-electron chi connectivity index (χ4n) is 2.22. The third-order valence-electron chi connectivity index (χ3n) is 3.34. The molecule has 0 heterocycles. The number of carbonyl (C=O) groups excluding carboxylic acids is 1. The summed E-state index contributed by atoms with van der Waals surface area (Å²) in [7, 11) is 3.09. The lowest BCUT2D eigenvalue weighted by Gasteiger charge is -2.15. The first-order chi connectivity index (χ1) is 11.7. The van der Waals surface area contributed by atoms with Crippen molar-refractivity contribution >= 4 is 11.9 Å². The standard InChI is InChI=1S/C20H20O4/c1-4-14-24-18-13-11-16(19(22-2)20(18)23-3)10-12-17(21)15-8-6-5-7-9-15/h4-13H,1,14H2,2-3H3/b12-10+. The Labute approximate surface area is 142 Å². The van der Waals surface area contributed by atoms with Crippen LogP contribution in [0.15, 0.2) is 61.2 Å². The van der Waals surface area contributed by atoms with Crippen molar-refractivity contribution in [2.45, 2.75) is 0 Å². The van der Waals surface area contributed by atoms with Crippen molar-refractivity contribution in [3.8, 4) is 17.2 Å². The first-order valence-electron chi connectivity index (χ1n) is 7.47. The minimum Gasteiger partial charge on any atom is -0.492 e. The normalized spacial score (nSPS) is 10.4. The lowest BCUT2D eigenvalue weighted by atomic mass is 10.1. The number of methoxy groups -OCH3 is 2. The first kappa shape index (κ1) is 17.3. The molecular formula is C20H20O4. The zero-order valence-electron chi connectivity index (χ0n) is 13.8. The van der Waals surface area contributed by atoms with E-state index in [0.29, 0.717) is 29.4 Å². The van der Waals surface area contributed by atoms with Gasteiger partial charge in [-0.15, -0.1) is 0 Å². The molecule has 24 heavy (non-hydrogen) atoms. The van der Waals surface area contributed by atoms with Crippen LogP contribution >= 0.6 is 0 Å². The van der Waals surface area contributed by atoms with Crippen LogP contribution in [0.5, 0.6) is 17.2 Å². The average Bonchev–Trinajstić information content (AvgIpc) is 2.64. The second-order valence-electron chi connectivity index (χ2n) is 4.88. The molecule has 0 aromatic heterocycles. The van der Waals surface area contributed by atoms with E-state index in [2.05, 4.69) is 6.58 Å². The van der Waals surface area contributed by atoms with Crippen LogP contribution in [0.25, 0.3) is 6.08 Å². The molecule has 0 aliphatic heterocycles. The van der Waals surface area contributed by atoms with Gasteiger partial charge in [-0.3, -0.25) is 4.79 Å². The highest BCUT2D eigenvalue weighted by atomic mass is 16.5. The van der Waals surface area contributed by atoms with E-state index in [0.717, 1.165) is 5.56 Å². The Morgan fingerprint density at radius 1 is 1.04 bits per heavy atom. The highest BCUT2D eigenvalue weighted by Gasteiger charge is 2.15. The number of hydrogen-bond donors (Lipinski definition) is 0. The predicted molar refractivity (Wildman–Crippen MR) is 95.0 cm³/mol. The molecule has 0 unspecified atom stereocenters. The summed E-state index contributed by atoms with van der Waals surface area (Å²) in [4.78, 5) is 12.2. The fourth-order valence-corrected chi connectivity index (χ4v) is 2.22. The lowest BCUT2D eigenvalue weighted by molar-refractivity contribution is 0.104. The summed E-state index contributed by atoms with van der Waals surface area (Å²) >= 11 is 0. The van der Waals surface area contributed by atoms with Gasteiger partial charge >= 0.3 is 0 Å². The zero-order chi connectivity index (χ0) is 17.4. The van der Waals surface area contributed by atoms with Crippen molar-refractivity contribution in [3.63, 3.8) is 0 Å². The van der Waals surface area contributed by atoms with Crippen molar-refractivity contribution in [1.82, 2.24) is 0 Å². The third kappa shape index (κ3) is 4.04. The number of rotatable bonds is 8. The van der Waals surface area contributed by atoms with Crippen LogP contribution < -0.4 is 14.2 Å². The molecular weight excluding hydrogens is 304 g/mol. The lowest BCUT2D eigenvalue weighted by Crippen LogP contribution is -2.00. The van der Waals surface area contributed by atoms with Crippen molar-refractivity contribution < 1.29 is 19.0 Å². The monoisotopic (exact) mass is 324 g/mol. The molecule has 2 aromatic rings. The van der Waals surface area contributed by atoms with Crippen molar-refractivity contribution in [2.75, 3.05) is 20.8 Å². The molecule has 0 radical (unpaired) electrons. The predicted octanol–water partition coefficient (Wildman–Crippen LogP) is 4.16. The molecule has 0 saturated carbocycles. The van der Waals surface area contributed by atoms with Crippen LogP contribution in [-0.4, -0.2) is 26.6 Å². The first-order valence-corrected chi connectivity index (χ1v) is 7.47. The van der Waals surface area contributed by atoms with E-state index in [-0.39, 0.29) is 5.78 Å². The Kier molecular flexibility index (Phi) is 6.20. The largest absolute Gasteiger partial charge is 0.492 e. The quantitative estimate of drug-likeness (QED) is 0.415. The Bertz CT molecular complexity index is 733. The molecule has 0 bridgehead atoms. The van der Waals surface area contributed by atoms with Crippen molar-refractivity contribution in [1.29, 1.82) is 0 Å². The zero-order valence-corrected chi connectivity index (χ0v) is 13.8. The van der Waals surface area contributed by atoms with E-state index < -0.39 is 0 Å². The van der Waals surface area contributed by atoms with E-state index in [1.165, 1.54) is 6.08 Å². The van der Waals surface area contributed by atoms with Gasteiger partial charge in [-0.05, 0) is 24.3 Å². The van der Waals surface area contributed by atoms with Gasteiger partial charge in [0.1, 0.15) is 6.61 Å². The molecule has 0 N–H and O–H groups in total. The third-order valence-corrected chi connectivity index (χ3v) is 3.34. The maximum absolute atomic E-state index is 12.2. The van der Waals surface area contributed by atoms with Crippen LogP contribution in [0, 0.1) is 0 Å². The minimum absolute atomic E-state index is 0.0800. The SMILES string of the molecule is C=CCOc1ccc(/C=C/C(=O)c2ccccc2)c(OC)c1OC. The van der Waals surface area contributed by atoms with Gasteiger partial charge in [-0.25, -0.2) is 0 Å². The summed E-state index contributed by atoms with van der Waals surface area (Å²) in [6, 6.07) is 12.7. The van der Waals surface area contributed by atoms with Gasteiger partial charge in [-0.2, -0.15) is 0 Å². The maximum Gasteiger partial charge on any atom is 0.203 e. The van der Waals surface area contributed by atoms with Gasteiger partial charge in [0.15, 0.2) is 17.3 Å². The Hall–Kier alpha value is -3.01. The maximum atomic E-state index is 12.2. The topological polar surface area (TPSA) is 44.8 Å². The van der Waals surface area contributed by atoms with Crippen LogP contribution in [0.2, 0.25) is 0 Å². The molecule has 0 aliphatic carbocycles. The molecule has 124 valence electrons. The van der Waals surface area contributed by atoms with E-state index >= 15 is 0 Å². The second kappa shape index (κ2) is 8.58. The van der Waals surface area contributed by atoms with Crippen LogP contribution in [0.3, 0.4) is 0 Å². The summed E-state index contributed by atoms with van der Waals surface area (Å²) in [5.41, 5.74) is 1.36. The van der Waals surface area contributed by atoms with Gasteiger partial charge in [-0.1, -0.05) is 43.0 Å².